The molecule has 1 unspecified atom stereocenters. The van der Waals surface area contributed by atoms with Crippen molar-refractivity contribution in [3.63, 3.8) is 0 Å². The van der Waals surface area contributed by atoms with Gasteiger partial charge >= 0.3 is 0 Å². The normalized spacial score (nSPS) is 17.7. The average molecular weight is 286 g/mol. The van der Waals surface area contributed by atoms with Crippen LogP contribution in [0.2, 0.25) is 0 Å². The van der Waals surface area contributed by atoms with Gasteiger partial charge in [0.25, 0.3) is 0 Å². The SMILES string of the molecule is Cc1cccc2[nH]cc(CC(=O)NC(C)(CO)C3CC3)c12. The fraction of sp³-hybridized carbons (Fsp3) is 0.471. The largest absolute Gasteiger partial charge is 0.394 e. The molecule has 0 saturated heterocycles. The summed E-state index contributed by atoms with van der Waals surface area (Å²) in [7, 11) is 0. The van der Waals surface area contributed by atoms with Crippen LogP contribution in [0.1, 0.15) is 30.9 Å². The van der Waals surface area contributed by atoms with Crippen LogP contribution in [0.4, 0.5) is 0 Å². The fourth-order valence-corrected chi connectivity index (χ4v) is 3.12. The Balaban J connectivity index is 1.77. The number of benzene rings is 1. The van der Waals surface area contributed by atoms with E-state index in [0.29, 0.717) is 12.3 Å². The molecule has 21 heavy (non-hydrogen) atoms. The topological polar surface area (TPSA) is 65.1 Å². The Morgan fingerprint density at radius 3 is 2.90 bits per heavy atom. The third-order valence-electron chi connectivity index (χ3n) is 4.58. The van der Waals surface area contributed by atoms with Crippen LogP contribution in [0, 0.1) is 12.8 Å². The van der Waals surface area contributed by atoms with Crippen LogP contribution in [0.15, 0.2) is 24.4 Å². The number of carbonyl (C=O) groups is 1. The van der Waals surface area contributed by atoms with Crippen molar-refractivity contribution in [3.05, 3.63) is 35.5 Å². The van der Waals surface area contributed by atoms with Crippen molar-refractivity contribution in [2.45, 2.75) is 38.6 Å². The second-order valence-electron chi connectivity index (χ2n) is 6.39. The molecule has 1 heterocycles. The number of fused-ring (bicyclic) bond motifs is 1. The van der Waals surface area contributed by atoms with Crippen molar-refractivity contribution in [1.82, 2.24) is 10.3 Å². The van der Waals surface area contributed by atoms with Crippen molar-refractivity contribution in [3.8, 4) is 0 Å². The first-order chi connectivity index (χ1) is 10.0. The summed E-state index contributed by atoms with van der Waals surface area (Å²) in [6.45, 7) is 3.99. The Labute approximate surface area is 124 Å². The molecule has 1 amide bonds. The minimum absolute atomic E-state index is 0.00365. The summed E-state index contributed by atoms with van der Waals surface area (Å²) >= 11 is 0. The van der Waals surface area contributed by atoms with Gasteiger partial charge in [0.2, 0.25) is 5.91 Å². The molecule has 112 valence electrons. The first kappa shape index (κ1) is 14.1. The van der Waals surface area contributed by atoms with Crippen LogP contribution in [-0.2, 0) is 11.2 Å². The standard InChI is InChI=1S/C17H22N2O2/c1-11-4-3-5-14-16(11)12(9-18-14)8-15(21)19-17(2,10-20)13-6-7-13/h3-5,9,13,18,20H,6-8,10H2,1-2H3,(H,19,21). The van der Waals surface area contributed by atoms with E-state index in [2.05, 4.69) is 23.3 Å². The summed E-state index contributed by atoms with van der Waals surface area (Å²) in [5.74, 6) is 0.388. The molecule has 4 nitrogen and oxygen atoms in total. The molecule has 0 aliphatic heterocycles. The lowest BCUT2D eigenvalue weighted by Crippen LogP contribution is -2.51. The second kappa shape index (κ2) is 5.19. The lowest BCUT2D eigenvalue weighted by molar-refractivity contribution is -0.123. The van der Waals surface area contributed by atoms with Crippen molar-refractivity contribution in [2.24, 2.45) is 5.92 Å². The number of aromatic nitrogens is 1. The number of aliphatic hydroxyl groups excluding tert-OH is 1. The van der Waals surface area contributed by atoms with E-state index in [4.69, 9.17) is 0 Å². The number of hydrogen-bond acceptors (Lipinski definition) is 2. The van der Waals surface area contributed by atoms with Gasteiger partial charge in [0.05, 0.1) is 18.6 Å². The van der Waals surface area contributed by atoms with Gasteiger partial charge in [-0.1, -0.05) is 12.1 Å². The van der Waals surface area contributed by atoms with Crippen LogP contribution >= 0.6 is 0 Å². The van der Waals surface area contributed by atoms with Gasteiger partial charge in [-0.3, -0.25) is 4.79 Å². The zero-order valence-electron chi connectivity index (χ0n) is 12.6. The fourth-order valence-electron chi connectivity index (χ4n) is 3.12. The quantitative estimate of drug-likeness (QED) is 0.789. The molecular formula is C17H22N2O2. The number of rotatable bonds is 5. The highest BCUT2D eigenvalue weighted by atomic mass is 16.3. The molecule has 0 radical (unpaired) electrons. The van der Waals surface area contributed by atoms with Gasteiger partial charge in [-0.2, -0.15) is 0 Å². The Kier molecular flexibility index (Phi) is 3.49. The molecule has 1 aliphatic carbocycles. The van der Waals surface area contributed by atoms with Crippen LogP contribution in [-0.4, -0.2) is 28.1 Å². The molecule has 0 bridgehead atoms. The van der Waals surface area contributed by atoms with Crippen molar-refractivity contribution < 1.29 is 9.90 Å². The van der Waals surface area contributed by atoms with E-state index in [1.54, 1.807) is 0 Å². The Hall–Kier alpha value is -1.81. The molecule has 3 N–H and O–H groups in total. The highest BCUT2D eigenvalue weighted by molar-refractivity contribution is 5.91. The summed E-state index contributed by atoms with van der Waals surface area (Å²) in [6.07, 6.45) is 4.42. The molecule has 1 aliphatic rings. The van der Waals surface area contributed by atoms with Gasteiger partial charge in [-0.05, 0) is 49.8 Å². The molecule has 1 fully saturated rings. The molecule has 0 spiro atoms. The maximum atomic E-state index is 12.3. The Bertz CT molecular complexity index is 672. The Morgan fingerprint density at radius 2 is 2.24 bits per heavy atom. The van der Waals surface area contributed by atoms with Crippen LogP contribution < -0.4 is 5.32 Å². The molecule has 1 aromatic heterocycles. The van der Waals surface area contributed by atoms with E-state index < -0.39 is 5.54 Å². The van der Waals surface area contributed by atoms with Gasteiger partial charge in [-0.25, -0.2) is 0 Å². The number of aliphatic hydroxyl groups is 1. The summed E-state index contributed by atoms with van der Waals surface area (Å²) in [5, 5.41) is 13.7. The summed E-state index contributed by atoms with van der Waals surface area (Å²) in [6, 6.07) is 6.08. The third-order valence-corrected chi connectivity index (χ3v) is 4.58. The molecule has 1 aromatic carbocycles. The second-order valence-corrected chi connectivity index (χ2v) is 6.39. The molecular weight excluding hydrogens is 264 g/mol. The number of aryl methyl sites for hydroxylation is 1. The van der Waals surface area contributed by atoms with Gasteiger partial charge < -0.3 is 15.4 Å². The number of nitrogens with one attached hydrogen (secondary N) is 2. The summed E-state index contributed by atoms with van der Waals surface area (Å²) < 4.78 is 0. The van der Waals surface area contributed by atoms with Gasteiger partial charge in [0, 0.05) is 17.1 Å². The molecule has 4 heteroatoms. The highest BCUT2D eigenvalue weighted by Gasteiger charge is 2.42. The van der Waals surface area contributed by atoms with Crippen molar-refractivity contribution >= 4 is 16.8 Å². The minimum atomic E-state index is -0.474. The first-order valence-electron chi connectivity index (χ1n) is 7.51. The Morgan fingerprint density at radius 1 is 1.48 bits per heavy atom. The number of carbonyl (C=O) groups excluding carboxylic acids is 1. The van der Waals surface area contributed by atoms with E-state index in [1.165, 1.54) is 5.56 Å². The average Bonchev–Trinajstić information content (AvgIpc) is 3.23. The zero-order chi connectivity index (χ0) is 15.0. The van der Waals surface area contributed by atoms with E-state index in [9.17, 15) is 9.90 Å². The van der Waals surface area contributed by atoms with E-state index in [1.807, 2.05) is 25.3 Å². The number of H-pyrrole nitrogens is 1. The first-order valence-corrected chi connectivity index (χ1v) is 7.51. The van der Waals surface area contributed by atoms with Crippen molar-refractivity contribution in [2.75, 3.05) is 6.61 Å². The predicted octanol–water partition coefficient (Wildman–Crippen LogP) is 2.30. The predicted molar refractivity (Wildman–Crippen MR) is 83.1 cm³/mol. The lowest BCUT2D eigenvalue weighted by Gasteiger charge is -2.28. The third kappa shape index (κ3) is 2.68. The van der Waals surface area contributed by atoms with Crippen LogP contribution in [0.3, 0.4) is 0 Å². The smallest absolute Gasteiger partial charge is 0.225 e. The monoisotopic (exact) mass is 286 g/mol. The molecule has 1 saturated carbocycles. The summed E-state index contributed by atoms with van der Waals surface area (Å²) in [4.78, 5) is 15.6. The summed E-state index contributed by atoms with van der Waals surface area (Å²) in [5.41, 5.74) is 2.77. The minimum Gasteiger partial charge on any atom is -0.394 e. The van der Waals surface area contributed by atoms with Gasteiger partial charge in [0.1, 0.15) is 0 Å². The van der Waals surface area contributed by atoms with Crippen LogP contribution in [0.25, 0.3) is 10.9 Å². The van der Waals surface area contributed by atoms with E-state index >= 15 is 0 Å². The number of aromatic amines is 1. The highest BCUT2D eigenvalue weighted by Crippen LogP contribution is 2.39. The van der Waals surface area contributed by atoms with E-state index in [0.717, 1.165) is 29.3 Å². The number of hydrogen-bond donors (Lipinski definition) is 3. The number of amides is 1. The van der Waals surface area contributed by atoms with Gasteiger partial charge in [-0.15, -0.1) is 0 Å². The zero-order valence-corrected chi connectivity index (χ0v) is 12.6. The lowest BCUT2D eigenvalue weighted by atomic mass is 9.96. The molecule has 2 aromatic rings. The molecule has 3 rings (SSSR count). The van der Waals surface area contributed by atoms with Gasteiger partial charge in [0.15, 0.2) is 0 Å². The van der Waals surface area contributed by atoms with Crippen LogP contribution in [0.5, 0.6) is 0 Å². The van der Waals surface area contributed by atoms with Crippen molar-refractivity contribution in [1.29, 1.82) is 0 Å². The maximum Gasteiger partial charge on any atom is 0.225 e. The van der Waals surface area contributed by atoms with E-state index in [-0.39, 0.29) is 12.5 Å². The molecule has 1 atom stereocenters. The maximum absolute atomic E-state index is 12.3.